The van der Waals surface area contributed by atoms with Crippen molar-refractivity contribution in [1.82, 2.24) is 5.06 Å². The van der Waals surface area contributed by atoms with Crippen LogP contribution in [0.25, 0.3) is 0 Å². The number of carbonyl (C=O) groups is 1. The van der Waals surface area contributed by atoms with Crippen LogP contribution in [0.2, 0.25) is 0 Å². The van der Waals surface area contributed by atoms with Crippen LogP contribution in [0.15, 0.2) is 47.1 Å². The molecule has 0 aromatic heterocycles. The molecule has 140 valence electrons. The lowest BCUT2D eigenvalue weighted by molar-refractivity contribution is -0.124. The van der Waals surface area contributed by atoms with Gasteiger partial charge in [-0.25, -0.2) is 0 Å². The van der Waals surface area contributed by atoms with Crippen LogP contribution in [-0.2, 0) is 9.63 Å². The lowest BCUT2D eigenvalue weighted by Gasteiger charge is -2.21. The number of hydroxylamine groups is 2. The molecule has 0 bridgehead atoms. The highest BCUT2D eigenvalue weighted by molar-refractivity contribution is 8.03. The molecule has 0 radical (unpaired) electrons. The number of likely N-dealkylation sites (N-methyl/N-ethyl adjacent to an activating group) is 1. The Hall–Kier alpha value is -1.26. The SMILES string of the molecule is CC.CC\C=C/C=C\C=C\C(=O)C1=C(SC2CCCCC2)CN(C)O1. The van der Waals surface area contributed by atoms with Crippen LogP contribution in [0.3, 0.4) is 0 Å². The number of hydrogen-bond donors (Lipinski definition) is 0. The van der Waals surface area contributed by atoms with E-state index in [1.54, 1.807) is 17.2 Å². The predicted octanol–water partition coefficient (Wildman–Crippen LogP) is 5.81. The Kier molecular flexibility index (Phi) is 11.3. The average Bonchev–Trinajstić information content (AvgIpc) is 3.01. The molecule has 1 aliphatic carbocycles. The molecular weight excluding hydrogens is 330 g/mol. The first kappa shape index (κ1) is 21.8. The van der Waals surface area contributed by atoms with Crippen molar-refractivity contribution in [2.45, 2.75) is 64.5 Å². The summed E-state index contributed by atoms with van der Waals surface area (Å²) in [6.07, 6.45) is 18.7. The Morgan fingerprint density at radius 2 is 1.84 bits per heavy atom. The van der Waals surface area contributed by atoms with Gasteiger partial charge >= 0.3 is 0 Å². The smallest absolute Gasteiger partial charge is 0.223 e. The number of allylic oxidation sites excluding steroid dienone is 6. The molecule has 2 aliphatic rings. The van der Waals surface area contributed by atoms with Gasteiger partial charge in [-0.1, -0.05) is 70.4 Å². The summed E-state index contributed by atoms with van der Waals surface area (Å²) in [4.78, 5) is 19.1. The van der Waals surface area contributed by atoms with E-state index in [-0.39, 0.29) is 5.78 Å². The van der Waals surface area contributed by atoms with Gasteiger partial charge < -0.3 is 4.84 Å². The lowest BCUT2D eigenvalue weighted by atomic mass is 10.0. The summed E-state index contributed by atoms with van der Waals surface area (Å²) in [6, 6.07) is 0. The lowest BCUT2D eigenvalue weighted by Crippen LogP contribution is -2.14. The minimum Gasteiger partial charge on any atom is -0.401 e. The molecule has 0 atom stereocenters. The predicted molar refractivity (Wildman–Crippen MR) is 109 cm³/mol. The van der Waals surface area contributed by atoms with Gasteiger partial charge in [0, 0.05) is 12.3 Å². The van der Waals surface area contributed by atoms with Crippen molar-refractivity contribution in [1.29, 1.82) is 0 Å². The first-order chi connectivity index (χ1) is 12.2. The van der Waals surface area contributed by atoms with Crippen molar-refractivity contribution in [2.24, 2.45) is 0 Å². The van der Waals surface area contributed by atoms with E-state index in [9.17, 15) is 4.79 Å². The molecule has 0 amide bonds. The van der Waals surface area contributed by atoms with E-state index in [0.29, 0.717) is 17.6 Å². The van der Waals surface area contributed by atoms with E-state index in [4.69, 9.17) is 4.84 Å². The van der Waals surface area contributed by atoms with Crippen molar-refractivity contribution < 1.29 is 9.63 Å². The van der Waals surface area contributed by atoms with E-state index < -0.39 is 0 Å². The molecule has 0 N–H and O–H groups in total. The molecule has 25 heavy (non-hydrogen) atoms. The Balaban J connectivity index is 0.00000151. The minimum atomic E-state index is -0.0446. The van der Waals surface area contributed by atoms with Crippen molar-refractivity contribution in [3.8, 4) is 0 Å². The van der Waals surface area contributed by atoms with Crippen LogP contribution >= 0.6 is 11.8 Å². The zero-order valence-corrected chi connectivity index (χ0v) is 17.0. The Bertz CT molecular complexity index is 514. The zero-order chi connectivity index (χ0) is 18.5. The fraction of sp³-hybridized carbons (Fsp3) is 0.571. The second kappa shape index (κ2) is 13.0. The average molecular weight is 364 g/mol. The molecular formula is C21H33NO2S. The van der Waals surface area contributed by atoms with Gasteiger partial charge in [0.25, 0.3) is 0 Å². The van der Waals surface area contributed by atoms with Crippen molar-refractivity contribution >= 4 is 17.5 Å². The van der Waals surface area contributed by atoms with E-state index in [2.05, 4.69) is 13.0 Å². The van der Waals surface area contributed by atoms with Crippen LogP contribution in [-0.4, -0.2) is 29.7 Å². The Labute approximate surface area is 157 Å². The molecule has 0 aromatic rings. The second-order valence-electron chi connectivity index (χ2n) is 5.95. The van der Waals surface area contributed by atoms with Crippen LogP contribution < -0.4 is 0 Å². The molecule has 2 rings (SSSR count). The largest absolute Gasteiger partial charge is 0.401 e. The van der Waals surface area contributed by atoms with Gasteiger partial charge in [-0.3, -0.25) is 4.79 Å². The summed E-state index contributed by atoms with van der Waals surface area (Å²) < 4.78 is 0. The number of ketones is 1. The second-order valence-corrected chi connectivity index (χ2v) is 7.35. The van der Waals surface area contributed by atoms with E-state index in [0.717, 1.165) is 11.3 Å². The fourth-order valence-corrected chi connectivity index (χ4v) is 4.20. The monoisotopic (exact) mass is 363 g/mol. The summed E-state index contributed by atoms with van der Waals surface area (Å²) in [7, 11) is 1.88. The van der Waals surface area contributed by atoms with E-state index in [1.165, 1.54) is 32.1 Å². The molecule has 0 unspecified atom stereocenters. The highest BCUT2D eigenvalue weighted by atomic mass is 32.2. The van der Waals surface area contributed by atoms with Crippen LogP contribution in [0, 0.1) is 0 Å². The first-order valence-electron chi connectivity index (χ1n) is 9.53. The summed E-state index contributed by atoms with van der Waals surface area (Å²) >= 11 is 1.85. The van der Waals surface area contributed by atoms with Gasteiger partial charge in [-0.2, -0.15) is 0 Å². The number of rotatable bonds is 7. The maximum absolute atomic E-state index is 12.4. The maximum Gasteiger partial charge on any atom is 0.223 e. The van der Waals surface area contributed by atoms with Crippen molar-refractivity contribution in [3.63, 3.8) is 0 Å². The highest BCUT2D eigenvalue weighted by Crippen LogP contribution is 2.37. The van der Waals surface area contributed by atoms with Gasteiger partial charge in [0.1, 0.15) is 0 Å². The Morgan fingerprint density at radius 1 is 1.16 bits per heavy atom. The zero-order valence-electron chi connectivity index (χ0n) is 16.2. The third kappa shape index (κ3) is 8.10. The summed E-state index contributed by atoms with van der Waals surface area (Å²) in [6.45, 7) is 6.81. The molecule has 1 heterocycles. The van der Waals surface area contributed by atoms with Crippen molar-refractivity contribution in [2.75, 3.05) is 13.6 Å². The van der Waals surface area contributed by atoms with Gasteiger partial charge in [-0.05, 0) is 25.3 Å². The first-order valence-corrected chi connectivity index (χ1v) is 10.4. The minimum absolute atomic E-state index is 0.0446. The molecule has 0 saturated heterocycles. The normalized spacial score (nSPS) is 19.7. The summed E-state index contributed by atoms with van der Waals surface area (Å²) in [5.41, 5.74) is 0. The number of carbonyl (C=O) groups excluding carboxylic acids is 1. The van der Waals surface area contributed by atoms with Gasteiger partial charge in [0.2, 0.25) is 11.5 Å². The fourth-order valence-electron chi connectivity index (χ4n) is 2.73. The third-order valence-electron chi connectivity index (χ3n) is 3.90. The molecule has 0 aromatic carbocycles. The molecule has 1 fully saturated rings. The summed E-state index contributed by atoms with van der Waals surface area (Å²) in [5.74, 6) is 0.466. The molecule has 0 spiro atoms. The topological polar surface area (TPSA) is 29.5 Å². The van der Waals surface area contributed by atoms with E-state index >= 15 is 0 Å². The molecule has 4 heteroatoms. The van der Waals surface area contributed by atoms with Crippen molar-refractivity contribution in [3.05, 3.63) is 47.1 Å². The van der Waals surface area contributed by atoms with Crippen LogP contribution in [0.5, 0.6) is 0 Å². The third-order valence-corrected chi connectivity index (χ3v) is 5.31. The molecule has 1 aliphatic heterocycles. The highest BCUT2D eigenvalue weighted by Gasteiger charge is 2.28. The molecule has 3 nitrogen and oxygen atoms in total. The molecule has 1 saturated carbocycles. The van der Waals surface area contributed by atoms with Gasteiger partial charge in [0.15, 0.2) is 0 Å². The van der Waals surface area contributed by atoms with Crippen LogP contribution in [0.1, 0.15) is 59.3 Å². The van der Waals surface area contributed by atoms with Crippen LogP contribution in [0.4, 0.5) is 0 Å². The quantitative estimate of drug-likeness (QED) is 0.421. The number of hydrogen-bond acceptors (Lipinski definition) is 4. The van der Waals surface area contributed by atoms with Gasteiger partial charge in [0.05, 0.1) is 11.4 Å². The van der Waals surface area contributed by atoms with Gasteiger partial charge in [-0.15, -0.1) is 16.8 Å². The Morgan fingerprint density at radius 3 is 2.52 bits per heavy atom. The maximum atomic E-state index is 12.4. The van der Waals surface area contributed by atoms with E-state index in [1.807, 2.05) is 50.9 Å². The number of nitrogens with zero attached hydrogens (tertiary/aromatic N) is 1. The standard InChI is InChI=1S/C19H27NO2S.C2H6/c1-3-4-5-6-7-11-14-17(21)19-18(15-20(2)22-19)23-16-12-9-8-10-13-16;1-2/h4-7,11,14,16H,3,8-10,12-13,15H2,1-2H3;1-2H3/b5-4-,7-6-,14-11+;. The summed E-state index contributed by atoms with van der Waals surface area (Å²) in [5, 5.41) is 2.38. The number of thioether (sulfide) groups is 1.